The highest BCUT2D eigenvalue weighted by Gasteiger charge is 2.08. The molecular formula is C17H23F. The van der Waals surface area contributed by atoms with Gasteiger partial charge in [-0.3, -0.25) is 0 Å². The average Bonchev–Trinajstić information content (AvgIpc) is 2.37. The van der Waals surface area contributed by atoms with Crippen LogP contribution in [0.4, 0.5) is 4.39 Å². The SMILES string of the molecule is C/C=C/CCc1ccc(CC/C=C/C)c(F)c1C. The molecular weight excluding hydrogens is 223 g/mol. The van der Waals surface area contributed by atoms with Gasteiger partial charge < -0.3 is 0 Å². The van der Waals surface area contributed by atoms with Crippen LogP contribution in [0.15, 0.2) is 36.4 Å². The molecule has 0 aliphatic carbocycles. The molecule has 0 fully saturated rings. The Morgan fingerprint density at radius 1 is 0.944 bits per heavy atom. The normalized spacial score (nSPS) is 11.8. The fourth-order valence-corrected chi connectivity index (χ4v) is 2.06. The Kier molecular flexibility index (Phi) is 6.42. The summed E-state index contributed by atoms with van der Waals surface area (Å²) >= 11 is 0. The second kappa shape index (κ2) is 7.86. The predicted octanol–water partition coefficient (Wildman–Crippen LogP) is 5.15. The number of hydrogen-bond acceptors (Lipinski definition) is 0. The van der Waals surface area contributed by atoms with Crippen molar-refractivity contribution < 1.29 is 4.39 Å². The molecule has 0 saturated carbocycles. The Hall–Kier alpha value is -1.37. The number of benzene rings is 1. The number of rotatable bonds is 6. The van der Waals surface area contributed by atoms with E-state index in [4.69, 9.17) is 0 Å². The monoisotopic (exact) mass is 246 g/mol. The van der Waals surface area contributed by atoms with E-state index in [1.165, 1.54) is 0 Å². The van der Waals surface area contributed by atoms with Gasteiger partial charge >= 0.3 is 0 Å². The Morgan fingerprint density at radius 3 is 2.00 bits per heavy atom. The van der Waals surface area contributed by atoms with E-state index in [0.717, 1.165) is 42.4 Å². The Bertz CT molecular complexity index is 386. The summed E-state index contributed by atoms with van der Waals surface area (Å²) in [5.74, 6) is -0.0162. The van der Waals surface area contributed by atoms with Crippen molar-refractivity contribution in [3.05, 3.63) is 58.9 Å². The van der Waals surface area contributed by atoms with Gasteiger partial charge in [0.25, 0.3) is 0 Å². The van der Waals surface area contributed by atoms with Crippen LogP contribution in [-0.4, -0.2) is 0 Å². The minimum atomic E-state index is -0.0162. The molecule has 0 nitrogen and oxygen atoms in total. The second-order valence-electron chi connectivity index (χ2n) is 4.54. The Labute approximate surface area is 110 Å². The molecule has 0 spiro atoms. The van der Waals surface area contributed by atoms with Crippen LogP contribution in [0.25, 0.3) is 0 Å². The minimum Gasteiger partial charge on any atom is -0.206 e. The lowest BCUT2D eigenvalue weighted by Gasteiger charge is -2.09. The molecule has 0 heterocycles. The first-order valence-electron chi connectivity index (χ1n) is 6.69. The summed E-state index contributed by atoms with van der Waals surface area (Å²) in [6, 6.07) is 4.02. The van der Waals surface area contributed by atoms with Gasteiger partial charge in [-0.1, -0.05) is 36.4 Å². The van der Waals surface area contributed by atoms with Crippen molar-refractivity contribution in [2.45, 2.75) is 46.5 Å². The Morgan fingerprint density at radius 2 is 1.44 bits per heavy atom. The van der Waals surface area contributed by atoms with E-state index >= 15 is 0 Å². The van der Waals surface area contributed by atoms with Gasteiger partial charge in [0.15, 0.2) is 0 Å². The quantitative estimate of drug-likeness (QED) is 0.609. The maximum absolute atomic E-state index is 14.2. The van der Waals surface area contributed by atoms with Crippen molar-refractivity contribution in [3.63, 3.8) is 0 Å². The zero-order valence-electron chi connectivity index (χ0n) is 11.7. The molecule has 0 saturated heterocycles. The third-order valence-electron chi connectivity index (χ3n) is 3.21. The third kappa shape index (κ3) is 4.14. The van der Waals surface area contributed by atoms with Crippen molar-refractivity contribution in [1.82, 2.24) is 0 Å². The third-order valence-corrected chi connectivity index (χ3v) is 3.21. The molecule has 1 aromatic carbocycles. The van der Waals surface area contributed by atoms with Crippen LogP contribution in [0.1, 0.15) is 43.4 Å². The van der Waals surface area contributed by atoms with E-state index in [9.17, 15) is 4.39 Å². The molecule has 1 rings (SSSR count). The van der Waals surface area contributed by atoms with E-state index in [1.54, 1.807) is 0 Å². The van der Waals surface area contributed by atoms with Crippen LogP contribution in [0.3, 0.4) is 0 Å². The van der Waals surface area contributed by atoms with Gasteiger partial charge in [0, 0.05) is 0 Å². The van der Waals surface area contributed by atoms with Gasteiger partial charge in [0.2, 0.25) is 0 Å². The van der Waals surface area contributed by atoms with Crippen LogP contribution in [-0.2, 0) is 12.8 Å². The summed E-state index contributed by atoms with van der Waals surface area (Å²) in [5.41, 5.74) is 2.78. The smallest absolute Gasteiger partial charge is 0.129 e. The van der Waals surface area contributed by atoms with Crippen molar-refractivity contribution in [3.8, 4) is 0 Å². The molecule has 0 N–H and O–H groups in total. The van der Waals surface area contributed by atoms with Crippen LogP contribution in [0, 0.1) is 12.7 Å². The maximum atomic E-state index is 14.2. The maximum Gasteiger partial charge on any atom is 0.129 e. The first kappa shape index (κ1) is 14.7. The summed E-state index contributed by atoms with van der Waals surface area (Å²) in [7, 11) is 0. The van der Waals surface area contributed by atoms with Crippen molar-refractivity contribution in [2.24, 2.45) is 0 Å². The molecule has 0 aromatic heterocycles. The van der Waals surface area contributed by atoms with Crippen LogP contribution in [0.5, 0.6) is 0 Å². The Balaban J connectivity index is 2.77. The van der Waals surface area contributed by atoms with Gasteiger partial charge in [0.1, 0.15) is 5.82 Å². The van der Waals surface area contributed by atoms with Gasteiger partial charge in [-0.25, -0.2) is 4.39 Å². The number of allylic oxidation sites excluding steroid dienone is 4. The minimum absolute atomic E-state index is 0.0162. The zero-order valence-corrected chi connectivity index (χ0v) is 11.7. The highest BCUT2D eigenvalue weighted by atomic mass is 19.1. The largest absolute Gasteiger partial charge is 0.206 e. The molecule has 0 radical (unpaired) electrons. The summed E-state index contributed by atoms with van der Waals surface area (Å²) in [6.45, 7) is 5.89. The zero-order chi connectivity index (χ0) is 13.4. The summed E-state index contributed by atoms with van der Waals surface area (Å²) in [6.07, 6.45) is 11.8. The average molecular weight is 246 g/mol. The van der Waals surface area contributed by atoms with Gasteiger partial charge in [-0.2, -0.15) is 0 Å². The molecule has 18 heavy (non-hydrogen) atoms. The fourth-order valence-electron chi connectivity index (χ4n) is 2.06. The second-order valence-corrected chi connectivity index (χ2v) is 4.54. The van der Waals surface area contributed by atoms with Crippen LogP contribution < -0.4 is 0 Å². The summed E-state index contributed by atoms with van der Waals surface area (Å²) < 4.78 is 14.2. The van der Waals surface area contributed by atoms with Gasteiger partial charge in [-0.15, -0.1) is 0 Å². The van der Waals surface area contributed by atoms with Gasteiger partial charge in [-0.05, 0) is 63.1 Å². The van der Waals surface area contributed by atoms with E-state index in [0.29, 0.717) is 0 Å². The summed E-state index contributed by atoms with van der Waals surface area (Å²) in [4.78, 5) is 0. The number of hydrogen-bond donors (Lipinski definition) is 0. The molecule has 98 valence electrons. The van der Waals surface area contributed by atoms with Crippen LogP contribution in [0.2, 0.25) is 0 Å². The highest BCUT2D eigenvalue weighted by molar-refractivity contribution is 5.33. The van der Waals surface area contributed by atoms with Crippen LogP contribution >= 0.6 is 0 Å². The first-order chi connectivity index (χ1) is 8.70. The molecule has 1 aromatic rings. The first-order valence-corrected chi connectivity index (χ1v) is 6.69. The van der Waals surface area contributed by atoms with Crippen molar-refractivity contribution in [2.75, 3.05) is 0 Å². The van der Waals surface area contributed by atoms with E-state index in [1.807, 2.05) is 39.0 Å². The molecule has 1 heteroatoms. The molecule has 0 aliphatic heterocycles. The van der Waals surface area contributed by atoms with E-state index < -0.39 is 0 Å². The predicted molar refractivity (Wildman–Crippen MR) is 77.4 cm³/mol. The van der Waals surface area contributed by atoms with Crippen molar-refractivity contribution >= 4 is 0 Å². The number of aryl methyl sites for hydroxylation is 2. The standard InChI is InChI=1S/C17H23F/c1-4-6-8-10-15-12-13-16(11-9-7-5-2)17(18)14(15)3/h4-7,12-13H,8-11H2,1-3H3/b6-4+,7-5+. The molecule has 0 bridgehead atoms. The molecule has 0 aliphatic rings. The van der Waals surface area contributed by atoms with E-state index in [-0.39, 0.29) is 5.82 Å². The van der Waals surface area contributed by atoms with Gasteiger partial charge in [0.05, 0.1) is 0 Å². The fraction of sp³-hybridized carbons (Fsp3) is 0.412. The lowest BCUT2D eigenvalue weighted by atomic mass is 9.98. The van der Waals surface area contributed by atoms with Crippen molar-refractivity contribution in [1.29, 1.82) is 0 Å². The lowest BCUT2D eigenvalue weighted by Crippen LogP contribution is -1.98. The highest BCUT2D eigenvalue weighted by Crippen LogP contribution is 2.20. The number of halogens is 1. The lowest BCUT2D eigenvalue weighted by molar-refractivity contribution is 0.597. The summed E-state index contributed by atoms with van der Waals surface area (Å²) in [5, 5.41) is 0. The molecule has 0 amide bonds. The molecule has 0 unspecified atom stereocenters. The molecule has 0 atom stereocenters. The topological polar surface area (TPSA) is 0 Å². The van der Waals surface area contributed by atoms with E-state index in [2.05, 4.69) is 18.2 Å².